The van der Waals surface area contributed by atoms with Crippen LogP contribution in [0.25, 0.3) is 0 Å². The second kappa shape index (κ2) is 13.0. The molecule has 3 amide bonds. The standard InChI is InChI=1S/C33H26F3N3O7S2/c1-3-46-31(43)18-7-11-21(12-8-18)39-28(41)25-24(17-9-13-22(45-2)14-10-17)27-30(47-26(25)29(39)42)38(32(44)48-27)16-23(40)37-20-6-4-5-19(15-20)33(34,35)36/h4-15,24-26H,3,16H2,1-2H3,(H,37,40). The zero-order chi connectivity index (χ0) is 34.3. The van der Waals surface area contributed by atoms with Gasteiger partial charge in [-0.25, -0.2) is 9.69 Å². The van der Waals surface area contributed by atoms with Gasteiger partial charge in [0.1, 0.15) is 17.5 Å². The van der Waals surface area contributed by atoms with E-state index in [1.807, 2.05) is 0 Å². The molecule has 1 saturated heterocycles. The van der Waals surface area contributed by atoms with Crippen LogP contribution in [0.4, 0.5) is 24.5 Å². The van der Waals surface area contributed by atoms with Crippen molar-refractivity contribution in [2.45, 2.75) is 35.8 Å². The lowest BCUT2D eigenvalue weighted by molar-refractivity contribution is -0.137. The van der Waals surface area contributed by atoms with Crippen LogP contribution in [0.5, 0.6) is 5.75 Å². The highest BCUT2D eigenvalue weighted by Gasteiger charge is 2.56. The molecule has 2 aliphatic rings. The fourth-order valence-electron chi connectivity index (χ4n) is 5.76. The molecule has 1 aromatic heterocycles. The minimum atomic E-state index is -4.62. The third-order valence-electron chi connectivity index (χ3n) is 7.94. The van der Waals surface area contributed by atoms with Crippen molar-refractivity contribution in [3.05, 3.63) is 104 Å². The lowest BCUT2D eigenvalue weighted by atomic mass is 9.83. The number of thioether (sulfide) groups is 1. The third kappa shape index (κ3) is 6.10. The van der Waals surface area contributed by atoms with E-state index in [0.29, 0.717) is 21.2 Å². The summed E-state index contributed by atoms with van der Waals surface area (Å²) in [5.41, 5.74) is 0.0885. The smallest absolute Gasteiger partial charge is 0.416 e. The maximum atomic E-state index is 14.1. The molecule has 0 spiro atoms. The van der Waals surface area contributed by atoms with Crippen molar-refractivity contribution in [3.63, 3.8) is 0 Å². The number of fused-ring (bicyclic) bond motifs is 2. The number of methoxy groups -OCH3 is 1. The van der Waals surface area contributed by atoms with E-state index in [4.69, 9.17) is 9.47 Å². The molecule has 48 heavy (non-hydrogen) atoms. The Balaban J connectivity index is 1.35. The molecule has 0 radical (unpaired) electrons. The molecule has 0 bridgehead atoms. The molecular formula is C33H26F3N3O7S2. The van der Waals surface area contributed by atoms with Crippen LogP contribution in [-0.2, 0) is 31.8 Å². The molecule has 248 valence electrons. The van der Waals surface area contributed by atoms with Crippen LogP contribution < -0.4 is 19.8 Å². The fraction of sp³-hybridized carbons (Fsp3) is 0.242. The number of ether oxygens (including phenoxy) is 2. The van der Waals surface area contributed by atoms with Crippen molar-refractivity contribution in [3.8, 4) is 5.75 Å². The van der Waals surface area contributed by atoms with Gasteiger partial charge in [0.2, 0.25) is 17.7 Å². The number of hydrogen-bond acceptors (Lipinski definition) is 9. The SMILES string of the molecule is CCOC(=O)c1ccc(N2C(=O)C3Sc4c(sc(=O)n4CC(=O)Nc4cccc(C(F)(F)F)c4)C(c4ccc(OC)cc4)C3C2=O)cc1. The van der Waals surface area contributed by atoms with Crippen LogP contribution in [0.1, 0.15) is 39.2 Å². The van der Waals surface area contributed by atoms with Gasteiger partial charge in [-0.05, 0) is 67.1 Å². The van der Waals surface area contributed by atoms with Gasteiger partial charge in [0.15, 0.2) is 0 Å². The zero-order valence-electron chi connectivity index (χ0n) is 25.3. The van der Waals surface area contributed by atoms with Crippen molar-refractivity contribution in [1.29, 1.82) is 0 Å². The molecule has 10 nitrogen and oxygen atoms in total. The van der Waals surface area contributed by atoms with Gasteiger partial charge in [-0.1, -0.05) is 41.3 Å². The second-order valence-corrected chi connectivity index (χ2v) is 13.0. The van der Waals surface area contributed by atoms with Crippen LogP contribution >= 0.6 is 23.1 Å². The Morgan fingerprint density at radius 2 is 1.67 bits per heavy atom. The van der Waals surface area contributed by atoms with Crippen LogP contribution in [0.3, 0.4) is 0 Å². The molecule has 1 N–H and O–H groups in total. The Labute approximate surface area is 279 Å². The first kappa shape index (κ1) is 33.0. The van der Waals surface area contributed by atoms with E-state index in [1.165, 1.54) is 42.0 Å². The van der Waals surface area contributed by atoms with E-state index in [9.17, 15) is 37.1 Å². The number of carbonyl (C=O) groups excluding carboxylic acids is 4. The highest BCUT2D eigenvalue weighted by Crippen LogP contribution is 2.54. The number of anilines is 2. The van der Waals surface area contributed by atoms with Gasteiger partial charge in [0.25, 0.3) is 0 Å². The Bertz CT molecular complexity index is 1970. The highest BCUT2D eigenvalue weighted by molar-refractivity contribution is 8.00. The molecule has 0 saturated carbocycles. The van der Waals surface area contributed by atoms with Gasteiger partial charge in [0, 0.05) is 16.5 Å². The Morgan fingerprint density at radius 3 is 2.31 bits per heavy atom. The van der Waals surface area contributed by atoms with E-state index in [1.54, 1.807) is 31.2 Å². The van der Waals surface area contributed by atoms with E-state index in [-0.39, 0.29) is 23.5 Å². The minimum absolute atomic E-state index is 0.100. The average molecular weight is 698 g/mol. The number of hydrogen-bond donors (Lipinski definition) is 1. The lowest BCUT2D eigenvalue weighted by Gasteiger charge is -2.30. The predicted octanol–water partition coefficient (Wildman–Crippen LogP) is 5.55. The number of imide groups is 1. The average Bonchev–Trinajstić information content (AvgIpc) is 3.50. The molecule has 6 rings (SSSR count). The predicted molar refractivity (Wildman–Crippen MR) is 172 cm³/mol. The summed E-state index contributed by atoms with van der Waals surface area (Å²) in [6, 6.07) is 16.9. The number of nitrogens with zero attached hydrogens (tertiary/aromatic N) is 2. The molecule has 15 heteroatoms. The number of carbonyl (C=O) groups is 4. The van der Waals surface area contributed by atoms with Crippen molar-refractivity contribution < 1.29 is 41.8 Å². The quantitative estimate of drug-likeness (QED) is 0.188. The first-order valence-electron chi connectivity index (χ1n) is 14.6. The molecule has 3 aromatic carbocycles. The van der Waals surface area contributed by atoms with Crippen molar-refractivity contribution in [1.82, 2.24) is 4.57 Å². The summed E-state index contributed by atoms with van der Waals surface area (Å²) < 4.78 is 51.1. The van der Waals surface area contributed by atoms with Gasteiger partial charge < -0.3 is 14.8 Å². The molecule has 0 aliphatic carbocycles. The van der Waals surface area contributed by atoms with Crippen molar-refractivity contribution in [2.75, 3.05) is 23.9 Å². The molecule has 2 aliphatic heterocycles. The molecule has 3 heterocycles. The highest BCUT2D eigenvalue weighted by atomic mass is 32.2. The van der Waals surface area contributed by atoms with E-state index < -0.39 is 63.9 Å². The van der Waals surface area contributed by atoms with E-state index in [0.717, 1.165) is 46.2 Å². The minimum Gasteiger partial charge on any atom is -0.497 e. The number of thiazole rings is 1. The first-order valence-corrected chi connectivity index (χ1v) is 16.3. The first-order chi connectivity index (χ1) is 22.9. The summed E-state index contributed by atoms with van der Waals surface area (Å²) >= 11 is 1.83. The molecular weight excluding hydrogens is 672 g/mol. The van der Waals surface area contributed by atoms with Crippen LogP contribution in [0, 0.1) is 5.92 Å². The zero-order valence-corrected chi connectivity index (χ0v) is 26.9. The van der Waals surface area contributed by atoms with Gasteiger partial charge >= 0.3 is 17.0 Å². The normalized spacial score (nSPS) is 18.7. The van der Waals surface area contributed by atoms with Gasteiger partial charge in [-0.2, -0.15) is 13.2 Å². The number of aromatic nitrogens is 1. The molecule has 3 unspecified atom stereocenters. The fourth-order valence-corrected chi connectivity index (χ4v) is 8.53. The molecule has 4 aromatic rings. The Kier molecular flexibility index (Phi) is 8.92. The van der Waals surface area contributed by atoms with Crippen molar-refractivity contribution >= 4 is 58.2 Å². The lowest BCUT2D eigenvalue weighted by Crippen LogP contribution is -2.33. The topological polar surface area (TPSA) is 124 Å². The van der Waals surface area contributed by atoms with E-state index >= 15 is 0 Å². The van der Waals surface area contributed by atoms with Gasteiger partial charge in [-0.15, -0.1) is 0 Å². The van der Waals surface area contributed by atoms with Gasteiger partial charge in [-0.3, -0.25) is 23.7 Å². The second-order valence-electron chi connectivity index (χ2n) is 10.8. The maximum absolute atomic E-state index is 14.1. The largest absolute Gasteiger partial charge is 0.497 e. The summed E-state index contributed by atoms with van der Waals surface area (Å²) in [6.07, 6.45) is -4.62. The third-order valence-corrected chi connectivity index (χ3v) is 10.5. The van der Waals surface area contributed by atoms with Crippen LogP contribution in [-0.4, -0.2) is 47.2 Å². The summed E-state index contributed by atoms with van der Waals surface area (Å²) in [7, 11) is 1.50. The van der Waals surface area contributed by atoms with Crippen molar-refractivity contribution in [2.24, 2.45) is 5.92 Å². The summed E-state index contributed by atoms with van der Waals surface area (Å²) in [5.74, 6) is -3.45. The summed E-state index contributed by atoms with van der Waals surface area (Å²) in [4.78, 5) is 67.7. The van der Waals surface area contributed by atoms with E-state index in [2.05, 4.69) is 5.32 Å². The molecule has 3 atom stereocenters. The number of amides is 3. The Morgan fingerprint density at radius 1 is 0.958 bits per heavy atom. The Hall–Kier alpha value is -4.89. The number of halogens is 3. The molecule has 1 fully saturated rings. The van der Waals surface area contributed by atoms with Crippen LogP contribution in [0.2, 0.25) is 0 Å². The monoisotopic (exact) mass is 697 g/mol. The van der Waals surface area contributed by atoms with Crippen LogP contribution in [0.15, 0.2) is 82.6 Å². The van der Waals surface area contributed by atoms with Gasteiger partial charge in [0.05, 0.1) is 41.5 Å². The maximum Gasteiger partial charge on any atom is 0.416 e. The number of esters is 1. The number of benzene rings is 3. The number of rotatable bonds is 8. The number of nitrogens with one attached hydrogen (secondary N) is 1. The number of alkyl halides is 3. The summed E-state index contributed by atoms with van der Waals surface area (Å²) in [6.45, 7) is 1.31. The summed E-state index contributed by atoms with van der Waals surface area (Å²) in [5, 5.41) is 1.75.